The maximum Gasteiger partial charge on any atom is 0.259 e. The van der Waals surface area contributed by atoms with E-state index in [2.05, 4.69) is 21.2 Å². The highest BCUT2D eigenvalue weighted by Crippen LogP contribution is 2.22. The van der Waals surface area contributed by atoms with Crippen molar-refractivity contribution >= 4 is 21.8 Å². The molecule has 6 heteroatoms. The normalized spacial score (nSPS) is 13.5. The Balaban J connectivity index is 2.15. The lowest BCUT2D eigenvalue weighted by Gasteiger charge is -2.24. The quantitative estimate of drug-likeness (QED) is 0.850. The summed E-state index contributed by atoms with van der Waals surface area (Å²) in [5, 5.41) is 12.6. The molecule has 1 amide bonds. The number of aliphatic hydroxyl groups is 1. The topological polar surface area (TPSA) is 49.3 Å². The molecule has 1 atom stereocenters. The third kappa shape index (κ3) is 3.51. The van der Waals surface area contributed by atoms with Crippen LogP contribution in [-0.2, 0) is 16.9 Å². The van der Waals surface area contributed by atoms with Crippen LogP contribution < -0.4 is 5.32 Å². The lowest BCUT2D eigenvalue weighted by atomic mass is 9.94. The van der Waals surface area contributed by atoms with Crippen molar-refractivity contribution in [3.05, 3.63) is 69.9 Å². The summed E-state index contributed by atoms with van der Waals surface area (Å²) in [7, 11) is 0. The van der Waals surface area contributed by atoms with Crippen molar-refractivity contribution in [2.24, 2.45) is 0 Å². The number of rotatable bonds is 5. The van der Waals surface area contributed by atoms with Crippen molar-refractivity contribution in [2.45, 2.75) is 12.1 Å². The molecule has 2 rings (SSSR count). The highest BCUT2D eigenvalue weighted by atomic mass is 79.9. The number of hydrogen-bond acceptors (Lipinski definition) is 2. The van der Waals surface area contributed by atoms with Crippen LogP contribution in [0, 0.1) is 5.82 Å². The molecule has 0 bridgehead atoms. The first-order valence-corrected chi connectivity index (χ1v) is 7.33. The molecule has 0 spiro atoms. The fourth-order valence-corrected chi connectivity index (χ4v) is 2.39. The van der Waals surface area contributed by atoms with Crippen LogP contribution in [0.1, 0.15) is 11.1 Å². The first-order valence-electron chi connectivity index (χ1n) is 6.53. The number of alkyl halides is 1. The van der Waals surface area contributed by atoms with Gasteiger partial charge in [0.15, 0.2) is 5.60 Å². The number of hydrogen-bond donors (Lipinski definition) is 2. The van der Waals surface area contributed by atoms with Gasteiger partial charge in [0.25, 0.3) is 5.91 Å². The van der Waals surface area contributed by atoms with Gasteiger partial charge in [-0.05, 0) is 23.8 Å². The Morgan fingerprint density at radius 2 is 1.91 bits per heavy atom. The predicted molar refractivity (Wildman–Crippen MR) is 82.3 cm³/mol. The first-order chi connectivity index (χ1) is 10.5. The van der Waals surface area contributed by atoms with Gasteiger partial charge in [-0.15, -0.1) is 0 Å². The molecule has 0 fully saturated rings. The Morgan fingerprint density at radius 3 is 2.55 bits per heavy atom. The molecule has 2 aromatic rings. The molecule has 0 aliphatic rings. The molecule has 0 saturated carbocycles. The SMILES string of the molecule is O=C(NCc1cc(Br)ccc1F)C(O)(CF)c1ccccc1. The van der Waals surface area contributed by atoms with Gasteiger partial charge in [-0.25, -0.2) is 8.78 Å². The van der Waals surface area contributed by atoms with Crippen molar-refractivity contribution in [2.75, 3.05) is 6.67 Å². The average Bonchev–Trinajstić information content (AvgIpc) is 2.55. The fourth-order valence-electron chi connectivity index (χ4n) is 1.98. The maximum atomic E-state index is 13.6. The second-order valence-electron chi connectivity index (χ2n) is 4.78. The second kappa shape index (κ2) is 6.98. The number of amides is 1. The predicted octanol–water partition coefficient (Wildman–Crippen LogP) is 3.06. The molecule has 2 aromatic carbocycles. The van der Waals surface area contributed by atoms with E-state index in [9.17, 15) is 18.7 Å². The molecule has 0 aromatic heterocycles. The molecule has 116 valence electrons. The van der Waals surface area contributed by atoms with Gasteiger partial charge in [0, 0.05) is 16.6 Å². The number of carbonyl (C=O) groups is 1. The van der Waals surface area contributed by atoms with Crippen molar-refractivity contribution in [3.8, 4) is 0 Å². The summed E-state index contributed by atoms with van der Waals surface area (Å²) in [4.78, 5) is 12.1. The van der Waals surface area contributed by atoms with E-state index in [1.807, 2.05) is 0 Å². The molecular formula is C16H14BrF2NO2. The summed E-state index contributed by atoms with van der Waals surface area (Å²) in [6.45, 7) is -1.43. The van der Waals surface area contributed by atoms with Crippen molar-refractivity contribution in [1.29, 1.82) is 0 Å². The molecule has 0 saturated heterocycles. The zero-order valence-corrected chi connectivity index (χ0v) is 13.1. The van der Waals surface area contributed by atoms with Crippen molar-refractivity contribution < 1.29 is 18.7 Å². The van der Waals surface area contributed by atoms with E-state index in [1.54, 1.807) is 18.2 Å². The van der Waals surface area contributed by atoms with Crippen LogP contribution in [-0.4, -0.2) is 17.7 Å². The van der Waals surface area contributed by atoms with Gasteiger partial charge in [0.05, 0.1) is 0 Å². The number of benzene rings is 2. The van der Waals surface area contributed by atoms with E-state index < -0.39 is 24.0 Å². The molecular weight excluding hydrogens is 356 g/mol. The third-order valence-electron chi connectivity index (χ3n) is 3.27. The van der Waals surface area contributed by atoms with Gasteiger partial charge in [-0.3, -0.25) is 4.79 Å². The van der Waals surface area contributed by atoms with Gasteiger partial charge < -0.3 is 10.4 Å². The standard InChI is InChI=1S/C16H14BrF2NO2/c17-13-6-7-14(19)11(8-13)9-20-15(21)16(22,10-18)12-4-2-1-3-5-12/h1-8,22H,9-10H2,(H,20,21). The first kappa shape index (κ1) is 16.6. The molecule has 0 aliphatic heterocycles. The van der Waals surface area contributed by atoms with Gasteiger partial charge in [-0.1, -0.05) is 46.3 Å². The minimum atomic E-state index is -2.29. The Labute approximate surface area is 135 Å². The summed E-state index contributed by atoms with van der Waals surface area (Å²) in [6.07, 6.45) is 0. The fraction of sp³-hybridized carbons (Fsp3) is 0.188. The van der Waals surface area contributed by atoms with Crippen LogP contribution in [0.25, 0.3) is 0 Å². The molecule has 0 heterocycles. The Hall–Kier alpha value is -1.79. The lowest BCUT2D eigenvalue weighted by molar-refractivity contribution is -0.142. The number of nitrogens with one attached hydrogen (secondary N) is 1. The summed E-state index contributed by atoms with van der Waals surface area (Å²) in [5.41, 5.74) is -1.91. The number of carbonyl (C=O) groups excluding carboxylic acids is 1. The van der Waals surface area contributed by atoms with Crippen LogP contribution in [0.2, 0.25) is 0 Å². The maximum absolute atomic E-state index is 13.6. The monoisotopic (exact) mass is 369 g/mol. The van der Waals surface area contributed by atoms with Gasteiger partial charge in [0.2, 0.25) is 0 Å². The van der Waals surface area contributed by atoms with E-state index in [4.69, 9.17) is 0 Å². The van der Waals surface area contributed by atoms with Crippen molar-refractivity contribution in [1.82, 2.24) is 5.32 Å². The van der Waals surface area contributed by atoms with Crippen LogP contribution in [0.4, 0.5) is 8.78 Å². The van der Waals surface area contributed by atoms with Crippen LogP contribution >= 0.6 is 15.9 Å². The second-order valence-corrected chi connectivity index (χ2v) is 5.69. The summed E-state index contributed by atoms with van der Waals surface area (Å²) in [6, 6.07) is 12.1. The minimum absolute atomic E-state index is 0.143. The van der Waals surface area contributed by atoms with E-state index in [1.165, 1.54) is 30.3 Å². The van der Waals surface area contributed by atoms with E-state index in [0.29, 0.717) is 4.47 Å². The van der Waals surface area contributed by atoms with Crippen molar-refractivity contribution in [3.63, 3.8) is 0 Å². The molecule has 22 heavy (non-hydrogen) atoms. The number of halogens is 3. The minimum Gasteiger partial charge on any atom is -0.373 e. The van der Waals surface area contributed by atoms with Gasteiger partial charge in [-0.2, -0.15) is 0 Å². The molecule has 2 N–H and O–H groups in total. The van der Waals surface area contributed by atoms with E-state index in [0.717, 1.165) is 0 Å². The zero-order chi connectivity index (χ0) is 16.2. The highest BCUT2D eigenvalue weighted by Gasteiger charge is 2.38. The Morgan fingerprint density at radius 1 is 1.23 bits per heavy atom. The Kier molecular flexibility index (Phi) is 5.26. The third-order valence-corrected chi connectivity index (χ3v) is 3.76. The molecule has 0 radical (unpaired) electrons. The summed E-state index contributed by atoms with van der Waals surface area (Å²) >= 11 is 3.20. The van der Waals surface area contributed by atoms with E-state index in [-0.39, 0.29) is 17.7 Å². The van der Waals surface area contributed by atoms with Gasteiger partial charge in [0.1, 0.15) is 12.5 Å². The Bertz CT molecular complexity index is 666. The smallest absolute Gasteiger partial charge is 0.259 e. The molecule has 3 nitrogen and oxygen atoms in total. The van der Waals surface area contributed by atoms with Crippen LogP contribution in [0.15, 0.2) is 53.0 Å². The molecule has 1 unspecified atom stereocenters. The lowest BCUT2D eigenvalue weighted by Crippen LogP contribution is -2.46. The van der Waals surface area contributed by atoms with Crippen LogP contribution in [0.5, 0.6) is 0 Å². The largest absolute Gasteiger partial charge is 0.373 e. The highest BCUT2D eigenvalue weighted by molar-refractivity contribution is 9.10. The van der Waals surface area contributed by atoms with E-state index >= 15 is 0 Å². The van der Waals surface area contributed by atoms with Gasteiger partial charge >= 0.3 is 0 Å². The zero-order valence-electron chi connectivity index (χ0n) is 11.5. The van der Waals surface area contributed by atoms with Crippen LogP contribution in [0.3, 0.4) is 0 Å². The summed E-state index contributed by atoms with van der Waals surface area (Å²) < 4.78 is 27.5. The summed E-state index contributed by atoms with van der Waals surface area (Å²) in [5.74, 6) is -1.41. The average molecular weight is 370 g/mol. The molecule has 0 aliphatic carbocycles.